The zero-order valence-electron chi connectivity index (χ0n) is 9.41. The first kappa shape index (κ1) is 12.4. The van der Waals surface area contributed by atoms with E-state index in [2.05, 4.69) is 4.98 Å². The van der Waals surface area contributed by atoms with Gasteiger partial charge in [-0.2, -0.15) is 5.26 Å². The van der Waals surface area contributed by atoms with Crippen molar-refractivity contribution in [1.29, 1.82) is 5.26 Å². The van der Waals surface area contributed by atoms with Crippen molar-refractivity contribution in [1.82, 2.24) is 4.98 Å². The average molecular weight is 259 g/mol. The number of halogens is 1. The van der Waals surface area contributed by atoms with Gasteiger partial charge in [-0.1, -0.05) is 6.07 Å². The van der Waals surface area contributed by atoms with E-state index in [-0.39, 0.29) is 17.1 Å². The maximum atomic E-state index is 13.4. The third-order valence-corrected chi connectivity index (χ3v) is 2.23. The zero-order chi connectivity index (χ0) is 13.8. The maximum absolute atomic E-state index is 13.4. The van der Waals surface area contributed by atoms with Crippen LogP contribution in [0.4, 0.5) is 10.2 Å². The Balaban J connectivity index is 2.46. The van der Waals surface area contributed by atoms with E-state index in [4.69, 9.17) is 10.00 Å². The Morgan fingerprint density at radius 3 is 2.74 bits per heavy atom. The van der Waals surface area contributed by atoms with Crippen LogP contribution in [-0.2, 0) is 0 Å². The molecule has 1 heterocycles. The lowest BCUT2D eigenvalue weighted by molar-refractivity contribution is -0.390. The fourth-order valence-corrected chi connectivity index (χ4v) is 1.42. The minimum Gasteiger partial charge on any atom is -0.447 e. The molecule has 0 unspecified atom stereocenters. The Morgan fingerprint density at radius 2 is 2.05 bits per heavy atom. The molecule has 0 amide bonds. The molecular formula is C12H6FN3O3. The molecule has 0 aliphatic heterocycles. The highest BCUT2D eigenvalue weighted by atomic mass is 19.1. The first-order valence-corrected chi connectivity index (χ1v) is 5.09. The van der Waals surface area contributed by atoms with Gasteiger partial charge in [0.25, 0.3) is 0 Å². The summed E-state index contributed by atoms with van der Waals surface area (Å²) >= 11 is 0. The number of nitriles is 1. The van der Waals surface area contributed by atoms with Crippen LogP contribution in [-0.4, -0.2) is 9.91 Å². The van der Waals surface area contributed by atoms with Crippen molar-refractivity contribution in [2.45, 2.75) is 0 Å². The van der Waals surface area contributed by atoms with Crippen LogP contribution >= 0.6 is 0 Å². The molecule has 0 bridgehead atoms. The summed E-state index contributed by atoms with van der Waals surface area (Å²) in [4.78, 5) is 13.6. The van der Waals surface area contributed by atoms with E-state index < -0.39 is 16.6 Å². The Hall–Kier alpha value is -3.01. The molecule has 19 heavy (non-hydrogen) atoms. The minimum absolute atomic E-state index is 0.0985. The SMILES string of the molecule is N#Cc1c(F)cccc1Oc1cccnc1[N+](=O)[O-]. The van der Waals surface area contributed by atoms with Crippen molar-refractivity contribution in [3.8, 4) is 17.6 Å². The summed E-state index contributed by atoms with van der Waals surface area (Å²) in [5.74, 6) is -1.52. The van der Waals surface area contributed by atoms with E-state index in [9.17, 15) is 14.5 Å². The van der Waals surface area contributed by atoms with Crippen molar-refractivity contribution in [3.63, 3.8) is 0 Å². The molecule has 94 valence electrons. The third-order valence-electron chi connectivity index (χ3n) is 2.23. The largest absolute Gasteiger partial charge is 0.447 e. The fourth-order valence-electron chi connectivity index (χ4n) is 1.42. The van der Waals surface area contributed by atoms with Gasteiger partial charge in [0.1, 0.15) is 29.4 Å². The van der Waals surface area contributed by atoms with Gasteiger partial charge < -0.3 is 14.9 Å². The summed E-state index contributed by atoms with van der Waals surface area (Å²) in [6.07, 6.45) is 1.24. The number of nitrogens with zero attached hydrogens (tertiary/aromatic N) is 3. The van der Waals surface area contributed by atoms with Crippen LogP contribution in [0.3, 0.4) is 0 Å². The second kappa shape index (κ2) is 5.10. The second-order valence-electron chi connectivity index (χ2n) is 3.41. The Kier molecular flexibility index (Phi) is 3.34. The number of hydrogen-bond donors (Lipinski definition) is 0. The number of pyridine rings is 1. The van der Waals surface area contributed by atoms with Crippen molar-refractivity contribution < 1.29 is 14.1 Å². The van der Waals surface area contributed by atoms with Gasteiger partial charge in [-0.25, -0.2) is 4.39 Å². The number of benzene rings is 1. The van der Waals surface area contributed by atoms with Gasteiger partial charge >= 0.3 is 5.82 Å². The normalized spacial score (nSPS) is 9.68. The topological polar surface area (TPSA) is 89.0 Å². The molecule has 0 fully saturated rings. The van der Waals surface area contributed by atoms with Gasteiger partial charge in [-0.05, 0) is 34.2 Å². The number of hydrogen-bond acceptors (Lipinski definition) is 5. The van der Waals surface area contributed by atoms with Gasteiger partial charge in [-0.15, -0.1) is 0 Å². The van der Waals surface area contributed by atoms with Gasteiger partial charge in [0, 0.05) is 0 Å². The van der Waals surface area contributed by atoms with E-state index in [0.29, 0.717) is 0 Å². The summed E-state index contributed by atoms with van der Waals surface area (Å²) in [6.45, 7) is 0. The van der Waals surface area contributed by atoms with E-state index in [1.54, 1.807) is 6.07 Å². The zero-order valence-corrected chi connectivity index (χ0v) is 9.41. The first-order chi connectivity index (χ1) is 9.13. The molecule has 1 aromatic heterocycles. The summed E-state index contributed by atoms with van der Waals surface area (Å²) in [5.41, 5.74) is -0.319. The number of rotatable bonds is 3. The lowest BCUT2D eigenvalue weighted by Gasteiger charge is -2.07. The van der Waals surface area contributed by atoms with Gasteiger partial charge in [-0.3, -0.25) is 0 Å². The number of aromatic nitrogens is 1. The molecule has 2 aromatic rings. The van der Waals surface area contributed by atoms with Crippen molar-refractivity contribution in [3.05, 3.63) is 58.0 Å². The Morgan fingerprint density at radius 1 is 1.32 bits per heavy atom. The van der Waals surface area contributed by atoms with Crippen LogP contribution in [0.25, 0.3) is 0 Å². The standard InChI is InChI=1S/C12H6FN3O3/c13-9-3-1-4-10(8(9)7-14)19-11-5-2-6-15-12(11)16(17)18/h1-6H. The molecule has 7 heteroatoms. The fraction of sp³-hybridized carbons (Fsp3) is 0. The summed E-state index contributed by atoms with van der Waals surface area (Å²) in [6, 6.07) is 8.18. The Labute approximate surface area is 106 Å². The average Bonchev–Trinajstić information content (AvgIpc) is 2.39. The van der Waals surface area contributed by atoms with Gasteiger partial charge in [0.2, 0.25) is 5.75 Å². The smallest absolute Gasteiger partial charge is 0.406 e. The van der Waals surface area contributed by atoms with Crippen LogP contribution in [0.2, 0.25) is 0 Å². The molecule has 0 saturated heterocycles. The molecule has 0 N–H and O–H groups in total. The van der Waals surface area contributed by atoms with E-state index in [0.717, 1.165) is 6.07 Å². The predicted molar refractivity (Wildman–Crippen MR) is 62.1 cm³/mol. The third kappa shape index (κ3) is 2.47. The minimum atomic E-state index is -0.758. The van der Waals surface area contributed by atoms with Crippen molar-refractivity contribution in [2.75, 3.05) is 0 Å². The number of nitro groups is 1. The van der Waals surface area contributed by atoms with Crippen LogP contribution in [0.1, 0.15) is 5.56 Å². The highest BCUT2D eigenvalue weighted by Gasteiger charge is 2.18. The molecule has 0 radical (unpaired) electrons. The van der Waals surface area contributed by atoms with Gasteiger partial charge in [0.15, 0.2) is 0 Å². The Bertz CT molecular complexity index is 682. The summed E-state index contributed by atoms with van der Waals surface area (Å²) in [5, 5.41) is 19.6. The van der Waals surface area contributed by atoms with E-state index in [1.165, 1.54) is 30.5 Å². The van der Waals surface area contributed by atoms with Crippen LogP contribution < -0.4 is 4.74 Å². The predicted octanol–water partition coefficient (Wildman–Crippen LogP) is 2.79. The molecule has 0 aliphatic carbocycles. The monoisotopic (exact) mass is 259 g/mol. The lowest BCUT2D eigenvalue weighted by atomic mass is 10.2. The molecule has 2 rings (SSSR count). The van der Waals surface area contributed by atoms with E-state index in [1.807, 2.05) is 0 Å². The molecule has 0 aliphatic rings. The molecule has 1 aromatic carbocycles. The van der Waals surface area contributed by atoms with Crippen LogP contribution in [0.5, 0.6) is 11.5 Å². The lowest BCUT2D eigenvalue weighted by Crippen LogP contribution is -1.97. The second-order valence-corrected chi connectivity index (χ2v) is 3.41. The van der Waals surface area contributed by atoms with Gasteiger partial charge in [0.05, 0.1) is 0 Å². The van der Waals surface area contributed by atoms with Crippen LogP contribution in [0.15, 0.2) is 36.5 Å². The molecule has 0 spiro atoms. The van der Waals surface area contributed by atoms with Crippen LogP contribution in [0, 0.1) is 27.3 Å². The molecule has 0 saturated carbocycles. The summed E-state index contributed by atoms with van der Waals surface area (Å²) in [7, 11) is 0. The maximum Gasteiger partial charge on any atom is 0.406 e. The highest BCUT2D eigenvalue weighted by Crippen LogP contribution is 2.31. The van der Waals surface area contributed by atoms with Crippen molar-refractivity contribution in [2.24, 2.45) is 0 Å². The highest BCUT2D eigenvalue weighted by molar-refractivity contribution is 5.49. The number of ether oxygens (including phenoxy) is 1. The van der Waals surface area contributed by atoms with Crippen molar-refractivity contribution >= 4 is 5.82 Å². The first-order valence-electron chi connectivity index (χ1n) is 5.09. The van der Waals surface area contributed by atoms with E-state index >= 15 is 0 Å². The summed E-state index contributed by atoms with van der Waals surface area (Å²) < 4.78 is 18.6. The molecule has 0 atom stereocenters. The molecular weight excluding hydrogens is 253 g/mol. The molecule has 6 nitrogen and oxygen atoms in total. The quantitative estimate of drug-likeness (QED) is 0.624.